The van der Waals surface area contributed by atoms with Crippen molar-refractivity contribution >= 4 is 17.4 Å². The van der Waals surface area contributed by atoms with Gasteiger partial charge in [0.05, 0.1) is 0 Å². The zero-order valence-electron chi connectivity index (χ0n) is 10.3. The monoisotopic (exact) mass is 239 g/mol. The molecule has 1 saturated carbocycles. The number of nitrogens with zero attached hydrogens (tertiary/aromatic N) is 3. The van der Waals surface area contributed by atoms with E-state index in [1.165, 1.54) is 6.42 Å². The van der Waals surface area contributed by atoms with Gasteiger partial charge in [0.2, 0.25) is 0 Å². The first-order chi connectivity index (χ1) is 7.50. The van der Waals surface area contributed by atoms with Crippen LogP contribution in [0.1, 0.15) is 24.5 Å². The molecule has 3 nitrogen and oxygen atoms in total. The summed E-state index contributed by atoms with van der Waals surface area (Å²) < 4.78 is 0. The van der Waals surface area contributed by atoms with E-state index < -0.39 is 0 Å². The van der Waals surface area contributed by atoms with E-state index in [1.54, 1.807) is 0 Å². The van der Waals surface area contributed by atoms with E-state index in [0.717, 1.165) is 35.3 Å². The molecule has 0 aliphatic heterocycles. The summed E-state index contributed by atoms with van der Waals surface area (Å²) in [5.74, 6) is 2.65. The van der Waals surface area contributed by atoms with Crippen molar-refractivity contribution in [3.63, 3.8) is 0 Å². The fourth-order valence-corrected chi connectivity index (χ4v) is 2.20. The first-order valence-electron chi connectivity index (χ1n) is 5.71. The summed E-state index contributed by atoms with van der Waals surface area (Å²) in [6, 6.07) is 0. The molecule has 1 aliphatic rings. The highest BCUT2D eigenvalue weighted by Gasteiger charge is 2.33. The Hall–Kier alpha value is -0.830. The zero-order chi connectivity index (χ0) is 11.9. The quantitative estimate of drug-likeness (QED) is 0.812. The lowest BCUT2D eigenvalue weighted by Crippen LogP contribution is -2.23. The van der Waals surface area contributed by atoms with Gasteiger partial charge in [-0.05, 0) is 43.2 Å². The molecule has 2 unspecified atom stereocenters. The lowest BCUT2D eigenvalue weighted by atomic mass is 10.2. The Balaban J connectivity index is 2.16. The molecular weight excluding hydrogens is 222 g/mol. The van der Waals surface area contributed by atoms with Gasteiger partial charge in [0.15, 0.2) is 11.0 Å². The average Bonchev–Trinajstić information content (AvgIpc) is 2.90. The lowest BCUT2D eigenvalue weighted by Gasteiger charge is -2.20. The minimum atomic E-state index is 0.509. The fourth-order valence-electron chi connectivity index (χ4n) is 2.02. The van der Waals surface area contributed by atoms with Gasteiger partial charge in [0, 0.05) is 13.6 Å². The number of anilines is 1. The first-order valence-corrected chi connectivity index (χ1v) is 6.09. The highest BCUT2D eigenvalue weighted by atomic mass is 35.5. The molecule has 2 atom stereocenters. The van der Waals surface area contributed by atoms with Crippen molar-refractivity contribution in [3.8, 4) is 0 Å². The van der Waals surface area contributed by atoms with Crippen LogP contribution in [0.4, 0.5) is 5.82 Å². The molecule has 0 radical (unpaired) electrons. The molecule has 0 aromatic carbocycles. The third-order valence-electron chi connectivity index (χ3n) is 3.59. The third kappa shape index (κ3) is 2.14. The number of hydrogen-bond acceptors (Lipinski definition) is 3. The van der Waals surface area contributed by atoms with E-state index in [2.05, 4.69) is 36.0 Å². The molecule has 1 aromatic rings. The molecule has 16 heavy (non-hydrogen) atoms. The minimum absolute atomic E-state index is 0.509. The Labute approximate surface area is 102 Å². The van der Waals surface area contributed by atoms with E-state index in [0.29, 0.717) is 5.15 Å². The van der Waals surface area contributed by atoms with Crippen molar-refractivity contribution in [1.29, 1.82) is 0 Å². The van der Waals surface area contributed by atoms with Crippen LogP contribution >= 0.6 is 11.6 Å². The molecule has 0 saturated heterocycles. The molecule has 1 fully saturated rings. The second kappa shape index (κ2) is 4.21. The van der Waals surface area contributed by atoms with E-state index in [1.807, 2.05) is 6.92 Å². The fraction of sp³-hybridized carbons (Fsp3) is 0.667. The predicted molar refractivity (Wildman–Crippen MR) is 67.1 cm³/mol. The van der Waals surface area contributed by atoms with Crippen LogP contribution in [0, 0.1) is 25.7 Å². The summed E-state index contributed by atoms with van der Waals surface area (Å²) in [4.78, 5) is 2.19. The normalized spacial score (nSPS) is 23.3. The third-order valence-corrected chi connectivity index (χ3v) is 3.95. The van der Waals surface area contributed by atoms with Crippen molar-refractivity contribution in [2.75, 3.05) is 18.5 Å². The molecule has 0 N–H and O–H groups in total. The molecule has 1 heterocycles. The summed E-state index contributed by atoms with van der Waals surface area (Å²) in [5, 5.41) is 8.68. The Kier molecular flexibility index (Phi) is 3.06. The second-order valence-corrected chi connectivity index (χ2v) is 5.28. The zero-order valence-corrected chi connectivity index (χ0v) is 11.0. The Bertz CT molecular complexity index is 405. The van der Waals surface area contributed by atoms with Gasteiger partial charge in [-0.1, -0.05) is 18.5 Å². The number of rotatable bonds is 3. The summed E-state index contributed by atoms with van der Waals surface area (Å²) >= 11 is 5.94. The SMILES string of the molecule is Cc1c(Cl)nnc(N(C)CC2CC2C)c1C. The Morgan fingerprint density at radius 3 is 2.50 bits per heavy atom. The van der Waals surface area contributed by atoms with Crippen molar-refractivity contribution < 1.29 is 0 Å². The Morgan fingerprint density at radius 2 is 1.94 bits per heavy atom. The van der Waals surface area contributed by atoms with Gasteiger partial charge in [-0.15, -0.1) is 10.2 Å². The van der Waals surface area contributed by atoms with Crippen LogP contribution in [0.2, 0.25) is 5.15 Å². The summed E-state index contributed by atoms with van der Waals surface area (Å²) in [7, 11) is 2.08. The first kappa shape index (κ1) is 11.6. The largest absolute Gasteiger partial charge is 0.358 e. The van der Waals surface area contributed by atoms with E-state index >= 15 is 0 Å². The molecule has 4 heteroatoms. The van der Waals surface area contributed by atoms with E-state index in [-0.39, 0.29) is 0 Å². The average molecular weight is 240 g/mol. The van der Waals surface area contributed by atoms with Gasteiger partial charge in [-0.3, -0.25) is 0 Å². The maximum absolute atomic E-state index is 5.94. The van der Waals surface area contributed by atoms with Crippen LogP contribution in [-0.2, 0) is 0 Å². The van der Waals surface area contributed by atoms with Gasteiger partial charge in [0.25, 0.3) is 0 Å². The molecule has 88 valence electrons. The van der Waals surface area contributed by atoms with Crippen molar-refractivity contribution in [2.24, 2.45) is 11.8 Å². The minimum Gasteiger partial charge on any atom is -0.358 e. The number of hydrogen-bond donors (Lipinski definition) is 0. The molecule has 0 spiro atoms. The van der Waals surface area contributed by atoms with Crippen molar-refractivity contribution in [1.82, 2.24) is 10.2 Å². The van der Waals surface area contributed by atoms with Gasteiger partial charge >= 0.3 is 0 Å². The van der Waals surface area contributed by atoms with E-state index in [9.17, 15) is 0 Å². The maximum atomic E-state index is 5.94. The molecule has 0 bridgehead atoms. The van der Waals surface area contributed by atoms with Crippen LogP contribution in [-0.4, -0.2) is 23.8 Å². The highest BCUT2D eigenvalue weighted by Crippen LogP contribution is 2.38. The van der Waals surface area contributed by atoms with Crippen LogP contribution in [0.3, 0.4) is 0 Å². The van der Waals surface area contributed by atoms with Crippen molar-refractivity contribution in [3.05, 3.63) is 16.3 Å². The van der Waals surface area contributed by atoms with Crippen LogP contribution in [0.15, 0.2) is 0 Å². The van der Waals surface area contributed by atoms with Gasteiger partial charge < -0.3 is 4.90 Å². The smallest absolute Gasteiger partial charge is 0.155 e. The topological polar surface area (TPSA) is 29.0 Å². The maximum Gasteiger partial charge on any atom is 0.155 e. The van der Waals surface area contributed by atoms with Gasteiger partial charge in [-0.2, -0.15) is 0 Å². The van der Waals surface area contributed by atoms with Crippen LogP contribution < -0.4 is 4.90 Å². The number of halogens is 1. The number of aromatic nitrogens is 2. The summed E-state index contributed by atoms with van der Waals surface area (Å²) in [6.07, 6.45) is 1.34. The van der Waals surface area contributed by atoms with Crippen molar-refractivity contribution in [2.45, 2.75) is 27.2 Å². The predicted octanol–water partition coefficient (Wildman–Crippen LogP) is 2.84. The molecule has 0 amide bonds. The van der Waals surface area contributed by atoms with Crippen LogP contribution in [0.25, 0.3) is 0 Å². The standard InChI is InChI=1S/C12H18ClN3/c1-7-5-10(7)6-16(4)12-9(3)8(2)11(13)14-15-12/h7,10H,5-6H2,1-4H3. The molecule has 1 aromatic heterocycles. The molecule has 1 aliphatic carbocycles. The van der Waals surface area contributed by atoms with Crippen LogP contribution in [0.5, 0.6) is 0 Å². The molecule has 2 rings (SSSR count). The molecular formula is C12H18ClN3. The highest BCUT2D eigenvalue weighted by molar-refractivity contribution is 6.30. The van der Waals surface area contributed by atoms with E-state index in [4.69, 9.17) is 11.6 Å². The lowest BCUT2D eigenvalue weighted by molar-refractivity contribution is 0.712. The van der Waals surface area contributed by atoms with Gasteiger partial charge in [-0.25, -0.2) is 0 Å². The second-order valence-electron chi connectivity index (χ2n) is 4.92. The summed E-state index contributed by atoms with van der Waals surface area (Å²) in [5.41, 5.74) is 2.16. The Morgan fingerprint density at radius 1 is 1.31 bits per heavy atom. The summed E-state index contributed by atoms with van der Waals surface area (Å²) in [6.45, 7) is 7.41. The van der Waals surface area contributed by atoms with Gasteiger partial charge in [0.1, 0.15) is 0 Å².